The summed E-state index contributed by atoms with van der Waals surface area (Å²) in [6.45, 7) is 0. The fourth-order valence-corrected chi connectivity index (χ4v) is 1.56. The smallest absolute Gasteiger partial charge is 0.179 e. The molecule has 0 N–H and O–H groups in total. The molecule has 1 aromatic carbocycles. The monoisotopic (exact) mass is 248 g/mol. The zero-order valence-electron chi connectivity index (χ0n) is 9.77. The highest BCUT2D eigenvalue weighted by Gasteiger charge is 2.10. The number of Topliss-reactive ketones (excluding diaryl/α,β-unsaturated/α-hetero) is 1. The van der Waals surface area contributed by atoms with Crippen molar-refractivity contribution < 1.29 is 4.79 Å². The van der Waals surface area contributed by atoms with Crippen LogP contribution < -0.4 is 0 Å². The molecule has 0 heterocycles. The molecule has 1 rings (SSSR count). The van der Waals surface area contributed by atoms with Crippen LogP contribution in [0.1, 0.15) is 5.56 Å². The molecular weight excluding hydrogens is 236 g/mol. The highest BCUT2D eigenvalue weighted by atomic mass is 35.5. The average Bonchev–Trinajstić information content (AvgIpc) is 2.25. The molecule has 88 valence electrons. The maximum Gasteiger partial charge on any atom is 0.179 e. The molecule has 3 nitrogen and oxygen atoms in total. The summed E-state index contributed by atoms with van der Waals surface area (Å²) in [5.74, 6) is -0.205. The molecule has 0 spiro atoms. The van der Waals surface area contributed by atoms with Gasteiger partial charge in [-0.1, -0.05) is 23.7 Å². The van der Waals surface area contributed by atoms with Gasteiger partial charge in [0, 0.05) is 31.7 Å². The van der Waals surface area contributed by atoms with Crippen molar-refractivity contribution >= 4 is 17.4 Å². The van der Waals surface area contributed by atoms with Crippen molar-refractivity contribution in [3.05, 3.63) is 46.6 Å². The van der Waals surface area contributed by atoms with Crippen LogP contribution in [0.4, 0.5) is 0 Å². The van der Waals surface area contributed by atoms with Crippen molar-refractivity contribution in [2.24, 2.45) is 0 Å². The highest BCUT2D eigenvalue weighted by Crippen LogP contribution is 2.12. The van der Waals surface area contributed by atoms with Gasteiger partial charge in [0.1, 0.15) is 11.6 Å². The van der Waals surface area contributed by atoms with E-state index in [0.717, 1.165) is 5.56 Å². The molecule has 0 amide bonds. The number of hydrogen-bond donors (Lipinski definition) is 0. The number of rotatable bonds is 4. The van der Waals surface area contributed by atoms with E-state index < -0.39 is 0 Å². The third kappa shape index (κ3) is 4.29. The van der Waals surface area contributed by atoms with Gasteiger partial charge in [-0.3, -0.25) is 4.79 Å². The van der Waals surface area contributed by atoms with Crippen LogP contribution in [0.25, 0.3) is 0 Å². The summed E-state index contributed by atoms with van der Waals surface area (Å²) in [6.07, 6.45) is 1.71. The number of hydrogen-bond acceptors (Lipinski definition) is 3. The molecule has 0 fully saturated rings. The molecule has 0 aromatic heterocycles. The summed E-state index contributed by atoms with van der Waals surface area (Å²) in [4.78, 5) is 13.5. The quantitative estimate of drug-likeness (QED) is 0.607. The second kappa shape index (κ2) is 6.07. The third-order valence-corrected chi connectivity index (χ3v) is 2.30. The maximum absolute atomic E-state index is 11.8. The summed E-state index contributed by atoms with van der Waals surface area (Å²) in [5.41, 5.74) is 0.956. The molecule has 0 aliphatic heterocycles. The first-order valence-corrected chi connectivity index (χ1v) is 5.46. The minimum atomic E-state index is -0.205. The van der Waals surface area contributed by atoms with E-state index in [1.165, 1.54) is 6.20 Å². The van der Waals surface area contributed by atoms with Crippen molar-refractivity contribution in [3.8, 4) is 6.07 Å². The van der Waals surface area contributed by atoms with E-state index in [-0.39, 0.29) is 17.8 Å². The third-order valence-electron chi connectivity index (χ3n) is 2.06. The SMILES string of the molecule is CN(C)C=C(C#N)C(=O)Cc1cccc(Cl)c1. The summed E-state index contributed by atoms with van der Waals surface area (Å²) >= 11 is 5.83. The molecule has 0 aliphatic rings. The van der Waals surface area contributed by atoms with Crippen molar-refractivity contribution in [1.29, 1.82) is 5.26 Å². The van der Waals surface area contributed by atoms with E-state index in [4.69, 9.17) is 16.9 Å². The Morgan fingerprint density at radius 3 is 2.76 bits per heavy atom. The summed E-state index contributed by atoms with van der Waals surface area (Å²) in [5, 5.41) is 9.47. The maximum atomic E-state index is 11.8. The molecule has 1 aromatic rings. The second-order valence-corrected chi connectivity index (χ2v) is 4.28. The zero-order chi connectivity index (χ0) is 12.8. The van der Waals surface area contributed by atoms with Gasteiger partial charge in [0.25, 0.3) is 0 Å². The van der Waals surface area contributed by atoms with Gasteiger partial charge < -0.3 is 4.90 Å². The first-order chi connectivity index (χ1) is 8.02. The summed E-state index contributed by atoms with van der Waals surface area (Å²) in [6, 6.07) is 8.98. The predicted octanol–water partition coefficient (Wildman–Crippen LogP) is 2.42. The Hall–Kier alpha value is -1.79. The minimum absolute atomic E-state index is 0.148. The van der Waals surface area contributed by atoms with Crippen LogP contribution in [0.3, 0.4) is 0 Å². The largest absolute Gasteiger partial charge is 0.382 e. The Balaban J connectivity index is 2.82. The van der Waals surface area contributed by atoms with Crippen LogP contribution in [0.5, 0.6) is 0 Å². The van der Waals surface area contributed by atoms with Crippen LogP contribution >= 0.6 is 11.6 Å². The summed E-state index contributed by atoms with van der Waals surface area (Å²) < 4.78 is 0. The number of nitriles is 1. The number of benzene rings is 1. The summed E-state index contributed by atoms with van der Waals surface area (Å²) in [7, 11) is 3.54. The molecular formula is C13H13ClN2O. The Morgan fingerprint density at radius 1 is 1.53 bits per heavy atom. The normalized spacial score (nSPS) is 10.8. The standard InChI is InChI=1S/C13H13ClN2O/c1-16(2)9-11(8-15)13(17)7-10-4-3-5-12(14)6-10/h3-6,9H,7H2,1-2H3. The minimum Gasteiger partial charge on any atom is -0.382 e. The van der Waals surface area contributed by atoms with Gasteiger partial charge in [0.15, 0.2) is 5.78 Å². The predicted molar refractivity (Wildman–Crippen MR) is 67.5 cm³/mol. The second-order valence-electron chi connectivity index (χ2n) is 3.85. The number of allylic oxidation sites excluding steroid dienone is 1. The molecule has 17 heavy (non-hydrogen) atoms. The molecule has 0 unspecified atom stereocenters. The van der Waals surface area contributed by atoms with Gasteiger partial charge in [-0.05, 0) is 17.7 Å². The Kier molecular flexibility index (Phi) is 4.74. The molecule has 0 aliphatic carbocycles. The fourth-order valence-electron chi connectivity index (χ4n) is 1.35. The van der Waals surface area contributed by atoms with Crippen LogP contribution in [0.2, 0.25) is 5.02 Å². The van der Waals surface area contributed by atoms with Gasteiger partial charge in [-0.2, -0.15) is 5.26 Å². The fraction of sp³-hybridized carbons (Fsp3) is 0.231. The van der Waals surface area contributed by atoms with Gasteiger partial charge in [-0.15, -0.1) is 0 Å². The Bertz CT molecular complexity index is 486. The number of nitrogens with zero attached hydrogens (tertiary/aromatic N) is 2. The van der Waals surface area contributed by atoms with Gasteiger partial charge in [0.05, 0.1) is 0 Å². The highest BCUT2D eigenvalue weighted by molar-refractivity contribution is 6.30. The van der Waals surface area contributed by atoms with E-state index in [1.54, 1.807) is 37.2 Å². The topological polar surface area (TPSA) is 44.1 Å². The van der Waals surface area contributed by atoms with Gasteiger partial charge in [-0.25, -0.2) is 0 Å². The Morgan fingerprint density at radius 2 is 2.24 bits per heavy atom. The van der Waals surface area contributed by atoms with Crippen LogP contribution in [0, 0.1) is 11.3 Å². The molecule has 0 saturated heterocycles. The van der Waals surface area contributed by atoms with E-state index >= 15 is 0 Å². The van der Waals surface area contributed by atoms with Gasteiger partial charge in [0.2, 0.25) is 0 Å². The first-order valence-electron chi connectivity index (χ1n) is 5.09. The number of halogens is 1. The molecule has 0 radical (unpaired) electrons. The molecule has 4 heteroatoms. The molecule has 0 atom stereocenters. The number of carbonyl (C=O) groups is 1. The van der Waals surface area contributed by atoms with Crippen molar-refractivity contribution in [3.63, 3.8) is 0 Å². The van der Waals surface area contributed by atoms with E-state index in [2.05, 4.69) is 0 Å². The zero-order valence-corrected chi connectivity index (χ0v) is 10.5. The van der Waals surface area contributed by atoms with Crippen LogP contribution in [-0.2, 0) is 11.2 Å². The lowest BCUT2D eigenvalue weighted by molar-refractivity contribution is -0.114. The van der Waals surface area contributed by atoms with Crippen molar-refractivity contribution in [1.82, 2.24) is 4.90 Å². The van der Waals surface area contributed by atoms with Crippen LogP contribution in [0.15, 0.2) is 36.0 Å². The van der Waals surface area contributed by atoms with E-state index in [1.807, 2.05) is 12.1 Å². The lowest BCUT2D eigenvalue weighted by Gasteiger charge is -2.06. The molecule has 0 saturated carbocycles. The first kappa shape index (κ1) is 13.3. The van der Waals surface area contributed by atoms with E-state index in [0.29, 0.717) is 5.02 Å². The number of ketones is 1. The van der Waals surface area contributed by atoms with Crippen molar-refractivity contribution in [2.45, 2.75) is 6.42 Å². The van der Waals surface area contributed by atoms with Crippen molar-refractivity contribution in [2.75, 3.05) is 14.1 Å². The van der Waals surface area contributed by atoms with Gasteiger partial charge >= 0.3 is 0 Å². The molecule has 0 bridgehead atoms. The lowest BCUT2D eigenvalue weighted by atomic mass is 10.0. The lowest BCUT2D eigenvalue weighted by Crippen LogP contribution is -2.10. The average molecular weight is 249 g/mol. The van der Waals surface area contributed by atoms with E-state index in [9.17, 15) is 4.79 Å². The van der Waals surface area contributed by atoms with Crippen LogP contribution in [-0.4, -0.2) is 24.8 Å². The number of carbonyl (C=O) groups excluding carboxylic acids is 1. The Labute approximate surface area is 106 Å².